The molecule has 0 bridgehead atoms. The Hall–Kier alpha value is -3.00. The van der Waals surface area contributed by atoms with Gasteiger partial charge < -0.3 is 9.52 Å². The first-order chi connectivity index (χ1) is 10.6. The Morgan fingerprint density at radius 3 is 2.86 bits per heavy atom. The lowest BCUT2D eigenvalue weighted by molar-refractivity contribution is -0.384. The van der Waals surface area contributed by atoms with Crippen LogP contribution >= 0.6 is 0 Å². The maximum atomic E-state index is 11.0. The molecule has 8 heteroatoms. The van der Waals surface area contributed by atoms with Gasteiger partial charge in [-0.2, -0.15) is 0 Å². The number of aliphatic hydroxyl groups is 1. The number of hydrogen-bond donors (Lipinski definition) is 1. The van der Waals surface area contributed by atoms with Gasteiger partial charge in [-0.25, -0.2) is 4.68 Å². The Morgan fingerprint density at radius 2 is 2.23 bits per heavy atom. The van der Waals surface area contributed by atoms with Crippen molar-refractivity contribution in [3.8, 4) is 17.1 Å². The van der Waals surface area contributed by atoms with E-state index >= 15 is 0 Å². The monoisotopic (exact) mass is 300 g/mol. The SMILES string of the molecule is Cc1ccc([N+](=O)[O-])cc1-n1nnc(CO)c1-c1ccco1. The molecule has 2 heterocycles. The van der Waals surface area contributed by atoms with Crippen molar-refractivity contribution in [3.05, 3.63) is 58.0 Å². The van der Waals surface area contributed by atoms with Crippen molar-refractivity contribution >= 4 is 5.69 Å². The second-order valence-corrected chi connectivity index (χ2v) is 4.66. The smallest absolute Gasteiger partial charge is 0.271 e. The lowest BCUT2D eigenvalue weighted by Gasteiger charge is -2.08. The van der Waals surface area contributed by atoms with Crippen molar-refractivity contribution in [2.24, 2.45) is 0 Å². The van der Waals surface area contributed by atoms with Crippen molar-refractivity contribution in [1.82, 2.24) is 15.0 Å². The van der Waals surface area contributed by atoms with E-state index in [0.29, 0.717) is 22.8 Å². The molecule has 0 radical (unpaired) electrons. The van der Waals surface area contributed by atoms with Crippen LogP contribution in [0.25, 0.3) is 17.1 Å². The van der Waals surface area contributed by atoms with E-state index in [1.807, 2.05) is 6.92 Å². The summed E-state index contributed by atoms with van der Waals surface area (Å²) in [5, 5.41) is 28.3. The molecule has 22 heavy (non-hydrogen) atoms. The number of nitro groups is 1. The Bertz CT molecular complexity index is 823. The Balaban J connectivity index is 2.23. The molecule has 0 saturated carbocycles. The first kappa shape index (κ1) is 14.0. The number of nitrogens with zero attached hydrogens (tertiary/aromatic N) is 4. The summed E-state index contributed by atoms with van der Waals surface area (Å²) in [6.45, 7) is 1.50. The molecule has 1 aromatic carbocycles. The molecule has 2 aromatic heterocycles. The molecule has 0 unspecified atom stereocenters. The van der Waals surface area contributed by atoms with Gasteiger partial charge in [0.15, 0.2) is 5.76 Å². The first-order valence-corrected chi connectivity index (χ1v) is 6.46. The van der Waals surface area contributed by atoms with Crippen molar-refractivity contribution in [2.75, 3.05) is 0 Å². The summed E-state index contributed by atoms with van der Waals surface area (Å²) >= 11 is 0. The van der Waals surface area contributed by atoms with Crippen LogP contribution in [-0.4, -0.2) is 25.0 Å². The number of furan rings is 1. The number of rotatable bonds is 4. The molecular weight excluding hydrogens is 288 g/mol. The third-order valence-electron chi connectivity index (χ3n) is 3.28. The van der Waals surface area contributed by atoms with E-state index in [1.54, 1.807) is 18.2 Å². The third kappa shape index (κ3) is 2.25. The fourth-order valence-corrected chi connectivity index (χ4v) is 2.19. The van der Waals surface area contributed by atoms with Crippen LogP contribution in [-0.2, 0) is 6.61 Å². The minimum Gasteiger partial charge on any atom is -0.463 e. The van der Waals surface area contributed by atoms with E-state index in [0.717, 1.165) is 5.56 Å². The maximum absolute atomic E-state index is 11.0. The number of benzene rings is 1. The molecule has 0 fully saturated rings. The molecule has 0 saturated heterocycles. The number of non-ortho nitro benzene ring substituents is 1. The predicted molar refractivity (Wildman–Crippen MR) is 76.4 cm³/mol. The first-order valence-electron chi connectivity index (χ1n) is 6.46. The highest BCUT2D eigenvalue weighted by Gasteiger charge is 2.20. The molecule has 112 valence electrons. The van der Waals surface area contributed by atoms with E-state index in [4.69, 9.17) is 4.42 Å². The van der Waals surface area contributed by atoms with Crippen molar-refractivity contribution in [3.63, 3.8) is 0 Å². The van der Waals surface area contributed by atoms with Gasteiger partial charge in [-0.3, -0.25) is 10.1 Å². The lowest BCUT2D eigenvalue weighted by Crippen LogP contribution is -2.03. The van der Waals surface area contributed by atoms with Gasteiger partial charge in [-0.1, -0.05) is 11.3 Å². The highest BCUT2D eigenvalue weighted by Crippen LogP contribution is 2.28. The topological polar surface area (TPSA) is 107 Å². The Kier molecular flexibility index (Phi) is 3.43. The Morgan fingerprint density at radius 1 is 1.41 bits per heavy atom. The van der Waals surface area contributed by atoms with E-state index < -0.39 is 4.92 Å². The van der Waals surface area contributed by atoms with E-state index in [9.17, 15) is 15.2 Å². The number of aryl methyl sites for hydroxylation is 1. The number of nitro benzene ring substituents is 1. The standard InChI is InChI=1S/C14H12N4O4/c1-9-4-5-10(18(20)21)7-12(9)17-14(11(8-19)15-16-17)13-3-2-6-22-13/h2-7,19H,8H2,1H3. The quantitative estimate of drug-likeness (QED) is 0.585. The van der Waals surface area contributed by atoms with Crippen LogP contribution in [0.1, 0.15) is 11.3 Å². The van der Waals surface area contributed by atoms with Crippen molar-refractivity contribution in [2.45, 2.75) is 13.5 Å². The molecular formula is C14H12N4O4. The van der Waals surface area contributed by atoms with Gasteiger partial charge in [0.05, 0.1) is 23.5 Å². The second kappa shape index (κ2) is 5.41. The summed E-state index contributed by atoms with van der Waals surface area (Å²) in [5.74, 6) is 0.472. The highest BCUT2D eigenvalue weighted by molar-refractivity contribution is 5.61. The largest absolute Gasteiger partial charge is 0.463 e. The molecule has 0 aliphatic heterocycles. The molecule has 0 amide bonds. The summed E-state index contributed by atoms with van der Waals surface area (Å²) in [7, 11) is 0. The molecule has 0 atom stereocenters. The van der Waals surface area contributed by atoms with Crippen LogP contribution in [0.15, 0.2) is 41.0 Å². The summed E-state index contributed by atoms with van der Waals surface area (Å²) in [5.41, 5.74) is 2.05. The van der Waals surface area contributed by atoms with Crippen LogP contribution in [0.5, 0.6) is 0 Å². The van der Waals surface area contributed by atoms with Gasteiger partial charge in [0.1, 0.15) is 11.4 Å². The van der Waals surface area contributed by atoms with Gasteiger partial charge in [0.25, 0.3) is 5.69 Å². The second-order valence-electron chi connectivity index (χ2n) is 4.66. The zero-order chi connectivity index (χ0) is 15.7. The zero-order valence-electron chi connectivity index (χ0n) is 11.6. The van der Waals surface area contributed by atoms with Crippen LogP contribution < -0.4 is 0 Å². The number of aliphatic hydroxyl groups excluding tert-OH is 1. The molecule has 8 nitrogen and oxygen atoms in total. The van der Waals surface area contributed by atoms with Crippen molar-refractivity contribution < 1.29 is 14.4 Å². The molecule has 0 spiro atoms. The highest BCUT2D eigenvalue weighted by atomic mass is 16.6. The average Bonchev–Trinajstić information content (AvgIpc) is 3.15. The summed E-state index contributed by atoms with van der Waals surface area (Å²) in [4.78, 5) is 10.5. The lowest BCUT2D eigenvalue weighted by atomic mass is 10.1. The van der Waals surface area contributed by atoms with Crippen LogP contribution in [0, 0.1) is 17.0 Å². The van der Waals surface area contributed by atoms with Gasteiger partial charge in [0.2, 0.25) is 0 Å². The van der Waals surface area contributed by atoms with Crippen LogP contribution in [0.2, 0.25) is 0 Å². The fourth-order valence-electron chi connectivity index (χ4n) is 2.19. The predicted octanol–water partition coefficient (Wildman–Crippen LogP) is 2.24. The minimum absolute atomic E-state index is 0.0490. The van der Waals surface area contributed by atoms with Crippen LogP contribution in [0.4, 0.5) is 5.69 Å². The maximum Gasteiger partial charge on any atom is 0.271 e. The normalized spacial score (nSPS) is 10.8. The number of aromatic nitrogens is 3. The molecule has 0 aliphatic carbocycles. The average molecular weight is 300 g/mol. The van der Waals surface area contributed by atoms with Gasteiger partial charge >= 0.3 is 0 Å². The van der Waals surface area contributed by atoms with Gasteiger partial charge in [-0.05, 0) is 24.6 Å². The van der Waals surface area contributed by atoms with E-state index in [1.165, 1.54) is 23.1 Å². The van der Waals surface area contributed by atoms with E-state index in [2.05, 4.69) is 10.3 Å². The molecule has 0 aliphatic rings. The Labute approximate surface area is 124 Å². The minimum atomic E-state index is -0.473. The molecule has 1 N–H and O–H groups in total. The van der Waals surface area contributed by atoms with Gasteiger partial charge in [0, 0.05) is 12.1 Å². The summed E-state index contributed by atoms with van der Waals surface area (Å²) < 4.78 is 6.79. The van der Waals surface area contributed by atoms with E-state index in [-0.39, 0.29) is 12.3 Å². The van der Waals surface area contributed by atoms with Crippen molar-refractivity contribution in [1.29, 1.82) is 0 Å². The third-order valence-corrected chi connectivity index (χ3v) is 3.28. The van der Waals surface area contributed by atoms with Crippen LogP contribution in [0.3, 0.4) is 0 Å². The summed E-state index contributed by atoms with van der Waals surface area (Å²) in [6, 6.07) is 7.89. The van der Waals surface area contributed by atoms with Gasteiger partial charge in [-0.15, -0.1) is 5.10 Å². The zero-order valence-corrected chi connectivity index (χ0v) is 11.6. The fraction of sp³-hybridized carbons (Fsp3) is 0.143. The summed E-state index contributed by atoms with van der Waals surface area (Å²) in [6.07, 6.45) is 1.49. The molecule has 3 rings (SSSR count). The molecule has 3 aromatic rings. The number of hydrogen-bond acceptors (Lipinski definition) is 6.